The van der Waals surface area contributed by atoms with Gasteiger partial charge >= 0.3 is 11.9 Å². The predicted molar refractivity (Wildman–Crippen MR) is 87.5 cm³/mol. The lowest BCUT2D eigenvalue weighted by molar-refractivity contribution is -0.153. The zero-order valence-corrected chi connectivity index (χ0v) is 15.0. The van der Waals surface area contributed by atoms with Crippen LogP contribution in [0.3, 0.4) is 0 Å². The van der Waals surface area contributed by atoms with Crippen LogP contribution in [0.25, 0.3) is 0 Å². The molecule has 0 heterocycles. The second kappa shape index (κ2) is 20.4. The van der Waals surface area contributed by atoms with Crippen molar-refractivity contribution in [2.75, 3.05) is 41.5 Å². The third kappa shape index (κ3) is 14.3. The van der Waals surface area contributed by atoms with E-state index in [9.17, 15) is 9.59 Å². The van der Waals surface area contributed by atoms with Gasteiger partial charge in [-0.15, -0.1) is 24.8 Å². The first-order valence-corrected chi connectivity index (χ1v) is 6.13. The average Bonchev–Trinajstić information content (AvgIpc) is 2.49. The maximum Gasteiger partial charge on any atom is 0.335 e. The molecule has 8 nitrogen and oxygen atoms in total. The molecule has 4 N–H and O–H groups in total. The molecule has 0 aromatic carbocycles. The Balaban J connectivity index is -0.000000135. The molecule has 2 atom stereocenters. The number of nitrogens with two attached hydrogens (primary N) is 2. The first kappa shape index (κ1) is 29.4. The summed E-state index contributed by atoms with van der Waals surface area (Å²) >= 11 is 0. The van der Waals surface area contributed by atoms with Gasteiger partial charge in [0.1, 0.15) is 0 Å². The molecule has 0 rings (SSSR count). The quantitative estimate of drug-likeness (QED) is 0.570. The van der Waals surface area contributed by atoms with Crippen molar-refractivity contribution in [3.05, 3.63) is 0 Å². The van der Waals surface area contributed by atoms with Crippen molar-refractivity contribution in [2.45, 2.75) is 25.0 Å². The SMILES string of the molecule is COC(=O)[C@@H](CCN)OC.COC(=O)[C@H](CCN)OC.Cl.Cl. The lowest BCUT2D eigenvalue weighted by atomic mass is 10.2. The predicted octanol–water partition coefficient (Wildman–Crippen LogP) is -0.110. The summed E-state index contributed by atoms with van der Waals surface area (Å²) in [4.78, 5) is 21.5. The monoisotopic (exact) mass is 366 g/mol. The molecule has 0 radical (unpaired) electrons. The van der Waals surface area contributed by atoms with Crippen molar-refractivity contribution in [2.24, 2.45) is 11.5 Å². The van der Waals surface area contributed by atoms with Gasteiger partial charge in [-0.05, 0) is 25.9 Å². The smallest absolute Gasteiger partial charge is 0.335 e. The largest absolute Gasteiger partial charge is 0.467 e. The number of hydrogen-bond acceptors (Lipinski definition) is 8. The summed E-state index contributed by atoms with van der Waals surface area (Å²) in [5, 5.41) is 0. The van der Waals surface area contributed by atoms with Crippen LogP contribution in [-0.2, 0) is 28.5 Å². The van der Waals surface area contributed by atoms with Gasteiger partial charge in [0.25, 0.3) is 0 Å². The van der Waals surface area contributed by atoms with E-state index in [1.165, 1.54) is 28.4 Å². The normalized spacial score (nSPS) is 11.5. The van der Waals surface area contributed by atoms with Gasteiger partial charge in [0.15, 0.2) is 12.2 Å². The van der Waals surface area contributed by atoms with Gasteiger partial charge < -0.3 is 30.4 Å². The third-order valence-electron chi connectivity index (χ3n) is 2.35. The number of rotatable bonds is 8. The van der Waals surface area contributed by atoms with Crippen LogP contribution in [0.5, 0.6) is 0 Å². The Hall–Kier alpha value is -0.640. The standard InChI is InChI=1S/2C6H13NO3.2ClH/c2*1-9-5(3-4-7)6(8)10-2;;/h2*5H,3-4,7H2,1-2H3;2*1H/t2*5-;;/m10../s1. The van der Waals surface area contributed by atoms with E-state index in [-0.39, 0.29) is 36.8 Å². The summed E-state index contributed by atoms with van der Waals surface area (Å²) in [6, 6.07) is 0. The maximum atomic E-state index is 10.7. The van der Waals surface area contributed by atoms with E-state index in [2.05, 4.69) is 9.47 Å². The number of halogens is 2. The highest BCUT2D eigenvalue weighted by molar-refractivity contribution is 5.85. The lowest BCUT2D eigenvalue weighted by Crippen LogP contribution is -2.26. The first-order valence-electron chi connectivity index (χ1n) is 6.13. The fourth-order valence-corrected chi connectivity index (χ4v) is 1.23. The van der Waals surface area contributed by atoms with Crippen molar-refractivity contribution >= 4 is 36.8 Å². The van der Waals surface area contributed by atoms with Gasteiger partial charge in [0.2, 0.25) is 0 Å². The molecule has 136 valence electrons. The molecule has 0 amide bonds. The fraction of sp³-hybridized carbons (Fsp3) is 0.833. The van der Waals surface area contributed by atoms with Crippen molar-refractivity contribution in [1.82, 2.24) is 0 Å². The van der Waals surface area contributed by atoms with Gasteiger partial charge in [-0.25, -0.2) is 9.59 Å². The summed E-state index contributed by atoms with van der Waals surface area (Å²) in [6.45, 7) is 0.848. The highest BCUT2D eigenvalue weighted by Crippen LogP contribution is 1.97. The molecular weight excluding hydrogens is 339 g/mol. The third-order valence-corrected chi connectivity index (χ3v) is 2.35. The summed E-state index contributed by atoms with van der Waals surface area (Å²) in [5.74, 6) is -0.735. The number of ether oxygens (including phenoxy) is 4. The molecule has 0 spiro atoms. The second-order valence-corrected chi connectivity index (χ2v) is 3.65. The van der Waals surface area contributed by atoms with E-state index < -0.39 is 12.2 Å². The van der Waals surface area contributed by atoms with Crippen molar-refractivity contribution in [1.29, 1.82) is 0 Å². The summed E-state index contributed by atoms with van der Waals surface area (Å²) in [5.41, 5.74) is 10.4. The Morgan fingerprint density at radius 1 is 0.773 bits per heavy atom. The van der Waals surface area contributed by atoms with Crippen LogP contribution in [0, 0.1) is 0 Å². The van der Waals surface area contributed by atoms with Gasteiger partial charge in [-0.2, -0.15) is 0 Å². The maximum absolute atomic E-state index is 10.7. The van der Waals surface area contributed by atoms with Crippen LogP contribution < -0.4 is 11.5 Å². The van der Waals surface area contributed by atoms with Crippen LogP contribution in [-0.4, -0.2) is 65.7 Å². The van der Waals surface area contributed by atoms with E-state index >= 15 is 0 Å². The van der Waals surface area contributed by atoms with E-state index in [0.717, 1.165) is 0 Å². The minimum Gasteiger partial charge on any atom is -0.467 e. The molecule has 0 aliphatic carbocycles. The van der Waals surface area contributed by atoms with E-state index in [1.807, 2.05) is 0 Å². The molecule has 0 aromatic rings. The van der Waals surface area contributed by atoms with E-state index in [0.29, 0.717) is 25.9 Å². The summed E-state index contributed by atoms with van der Waals surface area (Å²) in [7, 11) is 5.56. The molecule has 0 saturated carbocycles. The Kier molecular flexibility index (Phi) is 27.2. The van der Waals surface area contributed by atoms with Crippen LogP contribution in [0.1, 0.15) is 12.8 Å². The molecule has 0 aliphatic rings. The van der Waals surface area contributed by atoms with Crippen LogP contribution in [0.15, 0.2) is 0 Å². The van der Waals surface area contributed by atoms with Gasteiger partial charge in [-0.3, -0.25) is 0 Å². The van der Waals surface area contributed by atoms with Gasteiger partial charge in [0, 0.05) is 14.2 Å². The molecule has 22 heavy (non-hydrogen) atoms. The zero-order chi connectivity index (χ0) is 16.0. The van der Waals surface area contributed by atoms with Crippen LogP contribution in [0.4, 0.5) is 0 Å². The van der Waals surface area contributed by atoms with Gasteiger partial charge in [0.05, 0.1) is 14.2 Å². The molecule has 0 fully saturated rings. The highest BCUT2D eigenvalue weighted by Gasteiger charge is 2.16. The zero-order valence-electron chi connectivity index (χ0n) is 13.4. The minimum absolute atomic E-state index is 0. The Labute approximate surface area is 144 Å². The number of methoxy groups -OCH3 is 4. The molecule has 0 aromatic heterocycles. The molecule has 0 bridgehead atoms. The molecule has 0 unspecified atom stereocenters. The molecule has 10 heteroatoms. The Morgan fingerprint density at radius 3 is 1.18 bits per heavy atom. The molecule has 0 aliphatic heterocycles. The number of carbonyl (C=O) groups excluding carboxylic acids is 2. The van der Waals surface area contributed by atoms with Crippen molar-refractivity contribution < 1.29 is 28.5 Å². The Morgan fingerprint density at radius 2 is 1.05 bits per heavy atom. The van der Waals surface area contributed by atoms with Gasteiger partial charge in [-0.1, -0.05) is 0 Å². The highest BCUT2D eigenvalue weighted by atomic mass is 35.5. The number of carbonyl (C=O) groups is 2. The molecule has 0 saturated heterocycles. The number of esters is 2. The summed E-state index contributed by atoms with van der Waals surface area (Å²) < 4.78 is 18.5. The lowest BCUT2D eigenvalue weighted by Gasteiger charge is -2.10. The fourth-order valence-electron chi connectivity index (χ4n) is 1.23. The second-order valence-electron chi connectivity index (χ2n) is 3.65. The Bertz CT molecular complexity index is 246. The minimum atomic E-state index is -0.505. The summed E-state index contributed by atoms with van der Waals surface area (Å²) in [6.07, 6.45) is -0.00296. The van der Waals surface area contributed by atoms with Crippen LogP contribution in [0.2, 0.25) is 0 Å². The number of hydrogen-bond donors (Lipinski definition) is 2. The molecular formula is C12H28Cl2N2O6. The first-order chi connectivity index (χ1) is 9.51. The van der Waals surface area contributed by atoms with Crippen molar-refractivity contribution in [3.8, 4) is 0 Å². The van der Waals surface area contributed by atoms with E-state index in [1.54, 1.807) is 0 Å². The van der Waals surface area contributed by atoms with Crippen molar-refractivity contribution in [3.63, 3.8) is 0 Å². The van der Waals surface area contributed by atoms with E-state index in [4.69, 9.17) is 20.9 Å². The average molecular weight is 367 g/mol. The van der Waals surface area contributed by atoms with Crippen LogP contribution >= 0.6 is 24.8 Å². The topological polar surface area (TPSA) is 123 Å².